The van der Waals surface area contributed by atoms with E-state index in [2.05, 4.69) is 0 Å². The Morgan fingerprint density at radius 1 is 1.17 bits per heavy atom. The largest absolute Gasteiger partial charge is 0.478 e. The van der Waals surface area contributed by atoms with Crippen molar-refractivity contribution in [3.8, 4) is 11.5 Å². The highest BCUT2D eigenvalue weighted by Gasteiger charge is 2.62. The molecule has 0 aromatic heterocycles. The predicted octanol–water partition coefficient (Wildman–Crippen LogP) is 5.88. The van der Waals surface area contributed by atoms with E-state index in [-0.39, 0.29) is 21.7 Å². The Labute approximate surface area is 183 Å². The van der Waals surface area contributed by atoms with Gasteiger partial charge >= 0.3 is 11.9 Å². The third-order valence-corrected chi connectivity index (χ3v) is 5.41. The molecular formula is C22H19Cl2FO5. The van der Waals surface area contributed by atoms with Gasteiger partial charge in [-0.1, -0.05) is 61.3 Å². The fourth-order valence-corrected chi connectivity index (χ4v) is 3.67. The monoisotopic (exact) mass is 452 g/mol. The predicted molar refractivity (Wildman–Crippen MR) is 110 cm³/mol. The van der Waals surface area contributed by atoms with Crippen molar-refractivity contribution in [3.05, 3.63) is 70.5 Å². The Bertz CT molecular complexity index is 986. The van der Waals surface area contributed by atoms with Crippen molar-refractivity contribution in [1.82, 2.24) is 0 Å². The number of carboxylic acids is 1. The van der Waals surface area contributed by atoms with Crippen LogP contribution in [0.15, 0.2) is 59.1 Å². The van der Waals surface area contributed by atoms with Crippen LogP contribution in [0.4, 0.5) is 4.39 Å². The third kappa shape index (κ3) is 4.77. The average Bonchev–Trinajstić information content (AvgIpc) is 3.21. The Hall–Kier alpha value is -2.57. The van der Waals surface area contributed by atoms with Crippen LogP contribution in [-0.2, 0) is 14.3 Å². The molecule has 3 rings (SSSR count). The molecule has 1 N–H and O–H groups in total. The summed E-state index contributed by atoms with van der Waals surface area (Å²) in [5, 5.41) is 9.60. The van der Waals surface area contributed by atoms with Crippen LogP contribution in [-0.4, -0.2) is 17.0 Å². The van der Waals surface area contributed by atoms with Gasteiger partial charge in [-0.25, -0.2) is 9.18 Å². The highest BCUT2D eigenvalue weighted by atomic mass is 35.5. The average molecular weight is 453 g/mol. The number of carbonyl (C=O) groups is 2. The summed E-state index contributed by atoms with van der Waals surface area (Å²) in [6.45, 7) is 3.66. The van der Waals surface area contributed by atoms with Gasteiger partial charge in [-0.3, -0.25) is 4.79 Å². The van der Waals surface area contributed by atoms with Gasteiger partial charge in [-0.15, -0.1) is 0 Å². The van der Waals surface area contributed by atoms with Crippen molar-refractivity contribution in [2.24, 2.45) is 17.3 Å². The third-order valence-electron chi connectivity index (χ3n) is 5.16. The molecule has 1 fully saturated rings. The van der Waals surface area contributed by atoms with Gasteiger partial charge in [0.25, 0.3) is 0 Å². The number of allylic oxidation sites excluding steroid dienone is 1. The molecule has 1 saturated carbocycles. The first kappa shape index (κ1) is 22.1. The molecule has 0 bridgehead atoms. The van der Waals surface area contributed by atoms with E-state index in [4.69, 9.17) is 32.7 Å². The minimum Gasteiger partial charge on any atom is -0.478 e. The molecule has 5 nitrogen and oxygen atoms in total. The van der Waals surface area contributed by atoms with Crippen molar-refractivity contribution in [1.29, 1.82) is 0 Å². The van der Waals surface area contributed by atoms with Gasteiger partial charge in [-0.05, 0) is 41.7 Å². The number of hydrogen-bond donors (Lipinski definition) is 1. The Kier molecular flexibility index (Phi) is 6.38. The number of hydrogen-bond acceptors (Lipinski definition) is 4. The number of carbonyl (C=O) groups excluding carboxylic acids is 1. The Morgan fingerprint density at radius 2 is 1.83 bits per heavy atom. The normalized spacial score (nSPS) is 20.0. The molecule has 1 aliphatic carbocycles. The highest BCUT2D eigenvalue weighted by molar-refractivity contribution is 6.55. The van der Waals surface area contributed by atoms with E-state index in [1.54, 1.807) is 30.3 Å². The topological polar surface area (TPSA) is 72.8 Å². The molecule has 8 heteroatoms. The molecule has 2 aromatic rings. The molecule has 1 aliphatic rings. The van der Waals surface area contributed by atoms with Crippen LogP contribution >= 0.6 is 23.2 Å². The van der Waals surface area contributed by atoms with Crippen molar-refractivity contribution in [3.63, 3.8) is 0 Å². The standard InChI is InChI=1S/C22H19Cl2FO5/c1-22(2)14(11-17(23)24)18(22)21(28)30-19(20(26)27)12-8-9-15(25)16(10-12)29-13-6-4-3-5-7-13/h3-11,14,18-19H,1-2H3,(H,26,27). The lowest BCUT2D eigenvalue weighted by atomic mass is 10.1. The van der Waals surface area contributed by atoms with Gasteiger partial charge in [0.2, 0.25) is 6.10 Å². The molecule has 0 saturated heterocycles. The Balaban J connectivity index is 1.82. The van der Waals surface area contributed by atoms with E-state index in [1.807, 2.05) is 13.8 Å². The van der Waals surface area contributed by atoms with E-state index in [0.717, 1.165) is 6.07 Å². The van der Waals surface area contributed by atoms with Gasteiger partial charge < -0.3 is 14.6 Å². The molecule has 0 spiro atoms. The zero-order valence-corrected chi connectivity index (χ0v) is 17.7. The number of ether oxygens (including phenoxy) is 2. The highest BCUT2D eigenvalue weighted by Crippen LogP contribution is 2.60. The van der Waals surface area contributed by atoms with Crippen molar-refractivity contribution in [2.45, 2.75) is 20.0 Å². The van der Waals surface area contributed by atoms with Crippen LogP contribution in [0.2, 0.25) is 0 Å². The SMILES string of the molecule is CC1(C)C(C=C(Cl)Cl)C1C(=O)OC(C(=O)O)c1ccc(F)c(Oc2ccccc2)c1. The number of esters is 1. The summed E-state index contributed by atoms with van der Waals surface area (Å²) in [7, 11) is 0. The molecule has 2 aromatic carbocycles. The summed E-state index contributed by atoms with van der Waals surface area (Å²) in [5.41, 5.74) is -0.399. The first-order chi connectivity index (χ1) is 14.1. The van der Waals surface area contributed by atoms with Crippen molar-refractivity contribution >= 4 is 35.1 Å². The Morgan fingerprint density at radius 3 is 2.43 bits per heavy atom. The molecule has 3 unspecified atom stereocenters. The number of para-hydroxylation sites is 1. The van der Waals surface area contributed by atoms with Gasteiger partial charge in [0.1, 0.15) is 10.2 Å². The molecular weight excluding hydrogens is 434 g/mol. The first-order valence-corrected chi connectivity index (χ1v) is 9.85. The van der Waals surface area contributed by atoms with Gasteiger partial charge in [0.05, 0.1) is 5.92 Å². The lowest BCUT2D eigenvalue weighted by Gasteiger charge is -2.16. The number of rotatable bonds is 7. The lowest BCUT2D eigenvalue weighted by Crippen LogP contribution is -2.21. The molecule has 158 valence electrons. The molecule has 0 heterocycles. The zero-order valence-electron chi connectivity index (χ0n) is 16.1. The van der Waals surface area contributed by atoms with Crippen LogP contribution in [0.1, 0.15) is 25.5 Å². The molecule has 0 amide bonds. The maximum Gasteiger partial charge on any atom is 0.349 e. The van der Waals surface area contributed by atoms with E-state index >= 15 is 0 Å². The number of carboxylic acid groups (broad SMARTS) is 1. The smallest absolute Gasteiger partial charge is 0.349 e. The summed E-state index contributed by atoms with van der Waals surface area (Å²) >= 11 is 11.4. The van der Waals surface area contributed by atoms with E-state index in [9.17, 15) is 19.1 Å². The molecule has 3 atom stereocenters. The number of aliphatic carboxylic acids is 1. The van der Waals surface area contributed by atoms with Crippen LogP contribution in [0.3, 0.4) is 0 Å². The van der Waals surface area contributed by atoms with Crippen LogP contribution in [0, 0.1) is 23.1 Å². The number of benzene rings is 2. The first-order valence-electron chi connectivity index (χ1n) is 9.09. The van der Waals surface area contributed by atoms with Crippen LogP contribution in [0.25, 0.3) is 0 Å². The molecule has 0 aliphatic heterocycles. The second-order valence-corrected chi connectivity index (χ2v) is 8.55. The van der Waals surface area contributed by atoms with Gasteiger partial charge in [0, 0.05) is 5.56 Å². The minimum atomic E-state index is -1.62. The van der Waals surface area contributed by atoms with Gasteiger partial charge in [-0.2, -0.15) is 0 Å². The molecule has 0 radical (unpaired) electrons. The summed E-state index contributed by atoms with van der Waals surface area (Å²) < 4.78 is 25.0. The van der Waals surface area contributed by atoms with Crippen molar-refractivity contribution < 1.29 is 28.6 Å². The van der Waals surface area contributed by atoms with E-state index in [0.29, 0.717) is 5.75 Å². The van der Waals surface area contributed by atoms with Gasteiger partial charge in [0.15, 0.2) is 11.6 Å². The second-order valence-electron chi connectivity index (χ2n) is 7.54. The molecule has 30 heavy (non-hydrogen) atoms. The van der Waals surface area contributed by atoms with E-state index in [1.165, 1.54) is 18.2 Å². The summed E-state index contributed by atoms with van der Waals surface area (Å²) in [5.74, 6) is -3.42. The quantitative estimate of drug-likeness (QED) is 0.531. The maximum absolute atomic E-state index is 14.2. The lowest BCUT2D eigenvalue weighted by molar-refractivity contribution is -0.166. The van der Waals surface area contributed by atoms with Crippen LogP contribution in [0.5, 0.6) is 11.5 Å². The summed E-state index contributed by atoms with van der Waals surface area (Å²) in [6, 6.07) is 12.0. The minimum absolute atomic E-state index is 0.0272. The summed E-state index contributed by atoms with van der Waals surface area (Å²) in [4.78, 5) is 24.4. The maximum atomic E-state index is 14.2. The van der Waals surface area contributed by atoms with E-state index < -0.39 is 35.2 Å². The summed E-state index contributed by atoms with van der Waals surface area (Å²) in [6.07, 6.45) is -0.0853. The zero-order chi connectivity index (χ0) is 22.1. The number of halogens is 3. The fourth-order valence-electron chi connectivity index (χ4n) is 3.40. The fraction of sp³-hybridized carbons (Fsp3) is 0.273. The van der Waals surface area contributed by atoms with Crippen LogP contribution < -0.4 is 4.74 Å². The second kappa shape index (κ2) is 8.66. The van der Waals surface area contributed by atoms with Crippen molar-refractivity contribution in [2.75, 3.05) is 0 Å².